The Morgan fingerprint density at radius 1 is 1.45 bits per heavy atom. The number of amides is 1. The van der Waals surface area contributed by atoms with E-state index in [1.165, 1.54) is 4.90 Å². The highest BCUT2D eigenvalue weighted by atomic mass is 35.5. The van der Waals surface area contributed by atoms with Gasteiger partial charge in [-0.05, 0) is 31.5 Å². The number of hydrogen-bond donors (Lipinski definition) is 0. The highest BCUT2D eigenvalue weighted by molar-refractivity contribution is 6.35. The first-order valence-electron chi connectivity index (χ1n) is 6.31. The summed E-state index contributed by atoms with van der Waals surface area (Å²) in [6.45, 7) is 2.89. The summed E-state index contributed by atoms with van der Waals surface area (Å²) in [7, 11) is 0. The Labute approximate surface area is 128 Å². The van der Waals surface area contributed by atoms with Crippen molar-refractivity contribution in [1.29, 1.82) is 5.26 Å². The van der Waals surface area contributed by atoms with E-state index in [4.69, 9.17) is 33.2 Å². The third-order valence-electron chi connectivity index (χ3n) is 2.68. The first-order chi connectivity index (χ1) is 9.58. The maximum atomic E-state index is 11.8. The molecule has 0 aliphatic rings. The van der Waals surface area contributed by atoms with Gasteiger partial charge in [-0.2, -0.15) is 5.26 Å². The number of rotatable bonds is 7. The van der Waals surface area contributed by atoms with Crippen LogP contribution in [0.15, 0.2) is 18.2 Å². The van der Waals surface area contributed by atoms with Gasteiger partial charge in [0.05, 0.1) is 17.7 Å². The summed E-state index contributed by atoms with van der Waals surface area (Å²) >= 11 is 11.7. The molecular formula is C14H16Cl2N2O2. The maximum absolute atomic E-state index is 11.8. The molecule has 4 nitrogen and oxygen atoms in total. The number of nitrogens with zero attached hydrogens (tertiary/aromatic N) is 2. The fourth-order valence-electron chi connectivity index (χ4n) is 1.62. The van der Waals surface area contributed by atoms with Crippen LogP contribution in [0.1, 0.15) is 19.8 Å². The number of hydrogen-bond acceptors (Lipinski definition) is 3. The molecule has 1 aromatic carbocycles. The van der Waals surface area contributed by atoms with E-state index in [0.29, 0.717) is 41.8 Å². The highest BCUT2D eigenvalue weighted by Gasteiger charge is 2.10. The van der Waals surface area contributed by atoms with Crippen LogP contribution in [0.5, 0.6) is 5.75 Å². The van der Waals surface area contributed by atoms with Gasteiger partial charge in [-0.25, -0.2) is 0 Å². The molecule has 1 amide bonds. The van der Waals surface area contributed by atoms with Gasteiger partial charge in [-0.15, -0.1) is 0 Å². The minimum absolute atomic E-state index is 0.0418. The lowest BCUT2D eigenvalue weighted by atomic mass is 10.3. The van der Waals surface area contributed by atoms with Gasteiger partial charge in [0, 0.05) is 18.0 Å². The summed E-state index contributed by atoms with van der Waals surface area (Å²) in [4.78, 5) is 13.3. The zero-order valence-electron chi connectivity index (χ0n) is 11.2. The largest absolute Gasteiger partial charge is 0.492 e. The van der Waals surface area contributed by atoms with Crippen LogP contribution in [0.4, 0.5) is 0 Å². The SMILES string of the molecule is CCN(CC#N)C(=O)CCCOc1ccc(Cl)cc1Cl. The van der Waals surface area contributed by atoms with Gasteiger partial charge in [-0.1, -0.05) is 23.2 Å². The number of nitriles is 1. The predicted molar refractivity (Wildman–Crippen MR) is 79.1 cm³/mol. The Morgan fingerprint density at radius 2 is 2.20 bits per heavy atom. The Hall–Kier alpha value is -1.44. The van der Waals surface area contributed by atoms with Gasteiger partial charge in [0.25, 0.3) is 0 Å². The number of carbonyl (C=O) groups excluding carboxylic acids is 1. The first-order valence-corrected chi connectivity index (χ1v) is 7.06. The number of benzene rings is 1. The molecule has 0 spiro atoms. The molecule has 0 saturated carbocycles. The van der Waals surface area contributed by atoms with Crippen LogP contribution in [0.3, 0.4) is 0 Å². The van der Waals surface area contributed by atoms with Crippen molar-refractivity contribution in [2.75, 3.05) is 19.7 Å². The number of carbonyl (C=O) groups is 1. The third kappa shape index (κ3) is 5.28. The lowest BCUT2D eigenvalue weighted by Gasteiger charge is -2.17. The molecule has 0 unspecified atom stereocenters. The first kappa shape index (κ1) is 16.6. The van der Waals surface area contributed by atoms with E-state index in [0.717, 1.165) is 0 Å². The molecule has 0 radical (unpaired) electrons. The van der Waals surface area contributed by atoms with Gasteiger partial charge >= 0.3 is 0 Å². The minimum atomic E-state index is -0.0418. The summed E-state index contributed by atoms with van der Waals surface area (Å²) in [5, 5.41) is 9.59. The lowest BCUT2D eigenvalue weighted by molar-refractivity contribution is -0.130. The zero-order valence-corrected chi connectivity index (χ0v) is 12.7. The minimum Gasteiger partial charge on any atom is -0.492 e. The molecule has 0 atom stereocenters. The van der Waals surface area contributed by atoms with Crippen LogP contribution < -0.4 is 4.74 Å². The van der Waals surface area contributed by atoms with Gasteiger partial charge in [-0.3, -0.25) is 4.79 Å². The van der Waals surface area contributed by atoms with Crippen molar-refractivity contribution in [2.45, 2.75) is 19.8 Å². The Bertz CT molecular complexity index is 500. The molecule has 1 rings (SSSR count). The number of halogens is 2. The van der Waals surface area contributed by atoms with Crippen molar-refractivity contribution in [3.05, 3.63) is 28.2 Å². The molecule has 1 aromatic rings. The molecule has 0 heterocycles. The summed E-state index contributed by atoms with van der Waals surface area (Å²) in [5.41, 5.74) is 0. The maximum Gasteiger partial charge on any atom is 0.223 e. The molecule has 0 aliphatic carbocycles. The second-order valence-corrected chi connectivity index (χ2v) is 4.94. The van der Waals surface area contributed by atoms with Crippen molar-refractivity contribution in [2.24, 2.45) is 0 Å². The van der Waals surface area contributed by atoms with E-state index < -0.39 is 0 Å². The molecule has 0 bridgehead atoms. The quantitative estimate of drug-likeness (QED) is 0.571. The standard InChI is InChI=1S/C14H16Cl2N2O2/c1-2-18(8-7-17)14(19)4-3-9-20-13-6-5-11(15)10-12(13)16/h5-6,10H,2-4,8-9H2,1H3. The van der Waals surface area contributed by atoms with Crippen LogP contribution in [-0.2, 0) is 4.79 Å². The van der Waals surface area contributed by atoms with Crippen LogP contribution in [0.2, 0.25) is 10.0 Å². The number of ether oxygens (including phenoxy) is 1. The molecule has 0 aliphatic heterocycles. The van der Waals surface area contributed by atoms with E-state index in [2.05, 4.69) is 0 Å². The lowest BCUT2D eigenvalue weighted by Crippen LogP contribution is -2.31. The normalized spacial score (nSPS) is 9.90. The van der Waals surface area contributed by atoms with Gasteiger partial charge < -0.3 is 9.64 Å². The van der Waals surface area contributed by atoms with Crippen molar-refractivity contribution < 1.29 is 9.53 Å². The molecule has 0 aromatic heterocycles. The molecule has 20 heavy (non-hydrogen) atoms. The van der Waals surface area contributed by atoms with Crippen LogP contribution in [-0.4, -0.2) is 30.5 Å². The topological polar surface area (TPSA) is 53.3 Å². The Kier molecular flexibility index (Phi) is 7.21. The average molecular weight is 315 g/mol. The van der Waals surface area contributed by atoms with E-state index in [-0.39, 0.29) is 12.5 Å². The van der Waals surface area contributed by atoms with Gasteiger partial charge in [0.2, 0.25) is 5.91 Å². The summed E-state index contributed by atoms with van der Waals surface area (Å²) in [6.07, 6.45) is 0.917. The monoisotopic (exact) mass is 314 g/mol. The molecule has 108 valence electrons. The molecule has 6 heteroatoms. The van der Waals surface area contributed by atoms with Gasteiger partial charge in [0.1, 0.15) is 12.3 Å². The van der Waals surface area contributed by atoms with Crippen LogP contribution >= 0.6 is 23.2 Å². The van der Waals surface area contributed by atoms with E-state index in [1.54, 1.807) is 18.2 Å². The molecular weight excluding hydrogens is 299 g/mol. The van der Waals surface area contributed by atoms with Gasteiger partial charge in [0.15, 0.2) is 0 Å². The predicted octanol–water partition coefficient (Wildman–Crippen LogP) is 3.52. The molecule has 0 saturated heterocycles. The Morgan fingerprint density at radius 3 is 2.80 bits per heavy atom. The fraction of sp³-hybridized carbons (Fsp3) is 0.429. The zero-order chi connectivity index (χ0) is 15.0. The highest BCUT2D eigenvalue weighted by Crippen LogP contribution is 2.27. The third-order valence-corrected chi connectivity index (χ3v) is 3.21. The van der Waals surface area contributed by atoms with Crippen LogP contribution in [0.25, 0.3) is 0 Å². The van der Waals surface area contributed by atoms with Crippen molar-refractivity contribution in [3.8, 4) is 11.8 Å². The summed E-state index contributed by atoms with van der Waals surface area (Å²) < 4.78 is 5.49. The van der Waals surface area contributed by atoms with Crippen molar-refractivity contribution >= 4 is 29.1 Å². The van der Waals surface area contributed by atoms with Crippen LogP contribution in [0, 0.1) is 11.3 Å². The average Bonchev–Trinajstić information content (AvgIpc) is 2.42. The second-order valence-electron chi connectivity index (χ2n) is 4.09. The fourth-order valence-corrected chi connectivity index (χ4v) is 2.08. The van der Waals surface area contributed by atoms with E-state index >= 15 is 0 Å². The van der Waals surface area contributed by atoms with Crippen molar-refractivity contribution in [3.63, 3.8) is 0 Å². The Balaban J connectivity index is 2.34. The van der Waals surface area contributed by atoms with Crippen molar-refractivity contribution in [1.82, 2.24) is 4.90 Å². The molecule has 0 N–H and O–H groups in total. The van der Waals surface area contributed by atoms with E-state index in [9.17, 15) is 4.79 Å². The summed E-state index contributed by atoms with van der Waals surface area (Å²) in [5.74, 6) is 0.507. The smallest absolute Gasteiger partial charge is 0.223 e. The second kappa shape index (κ2) is 8.68. The summed E-state index contributed by atoms with van der Waals surface area (Å²) in [6, 6.07) is 6.97. The molecule has 0 fully saturated rings. The van der Waals surface area contributed by atoms with E-state index in [1.807, 2.05) is 13.0 Å².